The molecular weight excluding hydrogens is 407 g/mol. The maximum atomic E-state index is 13.2. The summed E-state index contributed by atoms with van der Waals surface area (Å²) in [5, 5.41) is 0. The number of likely N-dealkylation sites (tertiary alicyclic amines) is 1. The van der Waals surface area contributed by atoms with Crippen molar-refractivity contribution in [2.45, 2.75) is 43.3 Å². The Balaban J connectivity index is 1.68. The molecule has 2 fully saturated rings. The van der Waals surface area contributed by atoms with E-state index in [2.05, 4.69) is 0 Å². The summed E-state index contributed by atoms with van der Waals surface area (Å²) in [7, 11) is -4.27. The molecule has 2 saturated heterocycles. The van der Waals surface area contributed by atoms with Gasteiger partial charge in [0.05, 0.1) is 16.5 Å². The average molecular weight is 433 g/mol. The zero-order valence-electron chi connectivity index (χ0n) is 16.4. The lowest BCUT2D eigenvalue weighted by atomic mass is 10.1. The molecule has 29 heavy (non-hydrogen) atoms. The number of sulfonamides is 1. The molecule has 0 aromatic heterocycles. The average Bonchev–Trinajstić information content (AvgIpc) is 2.73. The topological polar surface area (TPSA) is 60.9 Å². The molecule has 0 saturated carbocycles. The maximum absolute atomic E-state index is 13.2. The van der Waals surface area contributed by atoms with Gasteiger partial charge in [0.25, 0.3) is 0 Å². The van der Waals surface area contributed by atoms with Crippen LogP contribution in [0.25, 0.3) is 0 Å². The highest BCUT2D eigenvalue weighted by molar-refractivity contribution is 7.89. The summed E-state index contributed by atoms with van der Waals surface area (Å²) < 4.78 is 66.5. The highest BCUT2D eigenvalue weighted by Crippen LogP contribution is 2.35. The van der Waals surface area contributed by atoms with E-state index in [1.165, 1.54) is 12.1 Å². The number of halogens is 3. The van der Waals surface area contributed by atoms with Gasteiger partial charge in [0, 0.05) is 39.3 Å². The lowest BCUT2D eigenvalue weighted by molar-refractivity contribution is -0.140. The Kier molecular flexibility index (Phi) is 6.54. The van der Waals surface area contributed by atoms with Gasteiger partial charge in [-0.1, -0.05) is 12.1 Å². The van der Waals surface area contributed by atoms with Gasteiger partial charge in [0.15, 0.2) is 0 Å². The van der Waals surface area contributed by atoms with Crippen LogP contribution < -0.4 is 0 Å². The first-order chi connectivity index (χ1) is 13.6. The van der Waals surface area contributed by atoms with Gasteiger partial charge in [0.2, 0.25) is 15.9 Å². The van der Waals surface area contributed by atoms with E-state index in [0.717, 1.165) is 48.8 Å². The summed E-state index contributed by atoms with van der Waals surface area (Å²) >= 11 is 0. The van der Waals surface area contributed by atoms with E-state index in [9.17, 15) is 26.4 Å². The molecule has 0 bridgehead atoms. The summed E-state index contributed by atoms with van der Waals surface area (Å²) in [6.45, 7) is 3.98. The van der Waals surface area contributed by atoms with E-state index >= 15 is 0 Å². The van der Waals surface area contributed by atoms with Crippen molar-refractivity contribution in [1.82, 2.24) is 14.1 Å². The molecular formula is C19H26F3N3O3S. The van der Waals surface area contributed by atoms with Crippen molar-refractivity contribution in [3.63, 3.8) is 0 Å². The minimum Gasteiger partial charge on any atom is -0.341 e. The summed E-state index contributed by atoms with van der Waals surface area (Å²) in [4.78, 5) is 15.7. The molecule has 0 spiro atoms. The summed E-state index contributed by atoms with van der Waals surface area (Å²) in [5.41, 5.74) is -1.16. The molecule has 0 radical (unpaired) electrons. The van der Waals surface area contributed by atoms with E-state index < -0.39 is 26.7 Å². The number of benzene rings is 1. The van der Waals surface area contributed by atoms with Crippen LogP contribution in [0.4, 0.5) is 13.2 Å². The standard InChI is InChI=1S/C19H26F3N3O3S/c1-15(18(26)24-9-5-2-6-10-24)23-11-13-25(14-12-23)29(27,28)17-8-4-3-7-16(17)19(20,21)22/h3-4,7-8,15H,2,5-6,9-14H2,1H3/t15-/m0/s1. The van der Waals surface area contributed by atoms with Crippen LogP contribution in [-0.2, 0) is 21.0 Å². The Hall–Kier alpha value is -1.65. The van der Waals surface area contributed by atoms with Crippen LogP contribution in [-0.4, -0.2) is 73.7 Å². The molecule has 1 amide bonds. The van der Waals surface area contributed by atoms with Crippen LogP contribution in [0.1, 0.15) is 31.7 Å². The maximum Gasteiger partial charge on any atom is 0.417 e. The molecule has 0 aliphatic carbocycles. The number of nitrogens with zero attached hydrogens (tertiary/aromatic N) is 3. The quantitative estimate of drug-likeness (QED) is 0.732. The minimum absolute atomic E-state index is 0.0309. The van der Waals surface area contributed by atoms with Gasteiger partial charge in [0.1, 0.15) is 0 Å². The third kappa shape index (κ3) is 4.75. The second kappa shape index (κ2) is 8.61. The number of hydrogen-bond donors (Lipinski definition) is 0. The largest absolute Gasteiger partial charge is 0.417 e. The number of piperazine rings is 1. The third-order valence-corrected chi connectivity index (χ3v) is 7.61. The number of carbonyl (C=O) groups is 1. The van der Waals surface area contributed by atoms with Crippen LogP contribution in [0.15, 0.2) is 29.2 Å². The first kappa shape index (κ1) is 22.0. The van der Waals surface area contributed by atoms with Crippen molar-refractivity contribution in [3.05, 3.63) is 29.8 Å². The normalized spacial score (nSPS) is 21.2. The summed E-state index contributed by atoms with van der Waals surface area (Å²) in [5.74, 6) is 0.0309. The smallest absolute Gasteiger partial charge is 0.341 e. The number of amides is 1. The number of carbonyl (C=O) groups excluding carboxylic acids is 1. The molecule has 2 aliphatic rings. The van der Waals surface area contributed by atoms with Gasteiger partial charge in [-0.2, -0.15) is 17.5 Å². The number of alkyl halides is 3. The Morgan fingerprint density at radius 1 is 0.966 bits per heavy atom. The first-order valence-electron chi connectivity index (χ1n) is 9.81. The molecule has 1 aromatic rings. The Labute approximate surface area is 169 Å². The lowest BCUT2D eigenvalue weighted by Gasteiger charge is -2.39. The van der Waals surface area contributed by atoms with E-state index in [4.69, 9.17) is 0 Å². The minimum atomic E-state index is -4.75. The molecule has 0 unspecified atom stereocenters. The van der Waals surface area contributed by atoms with Crippen molar-refractivity contribution in [2.24, 2.45) is 0 Å². The molecule has 3 rings (SSSR count). The Morgan fingerprint density at radius 3 is 2.14 bits per heavy atom. The second-order valence-electron chi connectivity index (χ2n) is 7.50. The van der Waals surface area contributed by atoms with Crippen molar-refractivity contribution >= 4 is 15.9 Å². The highest BCUT2D eigenvalue weighted by atomic mass is 32.2. The van der Waals surface area contributed by atoms with Crippen LogP contribution in [0.3, 0.4) is 0 Å². The van der Waals surface area contributed by atoms with Crippen LogP contribution in [0.2, 0.25) is 0 Å². The van der Waals surface area contributed by atoms with Gasteiger partial charge in [-0.15, -0.1) is 0 Å². The lowest BCUT2D eigenvalue weighted by Crippen LogP contribution is -2.56. The predicted octanol–water partition coefficient (Wildman–Crippen LogP) is 2.41. The highest BCUT2D eigenvalue weighted by Gasteiger charge is 2.40. The third-order valence-electron chi connectivity index (χ3n) is 5.66. The van der Waals surface area contributed by atoms with E-state index in [0.29, 0.717) is 13.1 Å². The van der Waals surface area contributed by atoms with Gasteiger partial charge in [-0.25, -0.2) is 8.42 Å². The fourth-order valence-corrected chi connectivity index (χ4v) is 5.57. The summed E-state index contributed by atoms with van der Waals surface area (Å²) in [6.07, 6.45) is -1.65. The molecule has 162 valence electrons. The SMILES string of the molecule is C[C@@H](C(=O)N1CCCCC1)N1CCN(S(=O)(=O)c2ccccc2C(F)(F)F)CC1. The number of hydrogen-bond acceptors (Lipinski definition) is 4. The second-order valence-corrected chi connectivity index (χ2v) is 9.40. The van der Waals surface area contributed by atoms with Gasteiger partial charge in [-0.3, -0.25) is 9.69 Å². The monoisotopic (exact) mass is 433 g/mol. The molecule has 1 atom stereocenters. The molecule has 0 N–H and O–H groups in total. The predicted molar refractivity (Wildman–Crippen MR) is 102 cm³/mol. The van der Waals surface area contributed by atoms with E-state index in [-0.39, 0.29) is 25.0 Å². The number of piperidine rings is 1. The van der Waals surface area contributed by atoms with Gasteiger partial charge < -0.3 is 4.90 Å². The molecule has 6 nitrogen and oxygen atoms in total. The number of rotatable bonds is 4. The van der Waals surface area contributed by atoms with Crippen molar-refractivity contribution in [1.29, 1.82) is 0 Å². The molecule has 1 aromatic carbocycles. The van der Waals surface area contributed by atoms with Crippen LogP contribution in [0.5, 0.6) is 0 Å². The molecule has 2 heterocycles. The summed E-state index contributed by atoms with van der Waals surface area (Å²) in [6, 6.07) is 3.86. The van der Waals surface area contributed by atoms with Gasteiger partial charge >= 0.3 is 6.18 Å². The van der Waals surface area contributed by atoms with Crippen LogP contribution >= 0.6 is 0 Å². The Bertz CT molecular complexity index is 831. The van der Waals surface area contributed by atoms with Crippen LogP contribution in [0, 0.1) is 0 Å². The van der Waals surface area contributed by atoms with Gasteiger partial charge in [-0.05, 0) is 38.3 Å². The van der Waals surface area contributed by atoms with Crippen molar-refractivity contribution in [2.75, 3.05) is 39.3 Å². The van der Waals surface area contributed by atoms with E-state index in [1.807, 2.05) is 9.80 Å². The van der Waals surface area contributed by atoms with Crippen molar-refractivity contribution in [3.8, 4) is 0 Å². The fraction of sp³-hybridized carbons (Fsp3) is 0.632. The van der Waals surface area contributed by atoms with Crippen molar-refractivity contribution < 1.29 is 26.4 Å². The molecule has 10 heteroatoms. The Morgan fingerprint density at radius 2 is 1.55 bits per heavy atom. The zero-order valence-corrected chi connectivity index (χ0v) is 17.2. The van der Waals surface area contributed by atoms with E-state index in [1.54, 1.807) is 6.92 Å². The molecule has 2 aliphatic heterocycles. The first-order valence-corrected chi connectivity index (χ1v) is 11.3. The fourth-order valence-electron chi connectivity index (χ4n) is 3.93. The zero-order chi connectivity index (χ0) is 21.2.